The molecule has 0 aliphatic carbocycles. The average Bonchev–Trinajstić information content (AvgIpc) is 3.09. The van der Waals surface area contributed by atoms with Gasteiger partial charge in [0.05, 0.1) is 28.5 Å². The maximum atomic E-state index is 11.1. The van der Waals surface area contributed by atoms with Gasteiger partial charge >= 0.3 is 5.97 Å². The zero-order valence-electron chi connectivity index (χ0n) is 13.4. The summed E-state index contributed by atoms with van der Waals surface area (Å²) in [4.78, 5) is 19.6. The summed E-state index contributed by atoms with van der Waals surface area (Å²) in [7, 11) is 0. The first kappa shape index (κ1) is 15.6. The van der Waals surface area contributed by atoms with Gasteiger partial charge in [-0.2, -0.15) is 5.10 Å². The van der Waals surface area contributed by atoms with E-state index >= 15 is 0 Å². The van der Waals surface area contributed by atoms with Gasteiger partial charge in [0.2, 0.25) is 0 Å². The molecule has 3 N–H and O–H groups in total. The van der Waals surface area contributed by atoms with Gasteiger partial charge in [-0.25, -0.2) is 19.4 Å². The lowest BCUT2D eigenvalue weighted by molar-refractivity contribution is 0.0697. The van der Waals surface area contributed by atoms with Gasteiger partial charge in [-0.3, -0.25) is 0 Å². The molecule has 0 saturated heterocycles. The van der Waals surface area contributed by atoms with E-state index in [0.29, 0.717) is 16.9 Å². The number of anilines is 2. The van der Waals surface area contributed by atoms with Crippen molar-refractivity contribution in [2.45, 2.75) is 0 Å². The number of fused-ring (bicyclic) bond motifs is 1. The Kier molecular flexibility index (Phi) is 3.70. The van der Waals surface area contributed by atoms with Gasteiger partial charge in [0.25, 0.3) is 0 Å². The first-order valence-corrected chi connectivity index (χ1v) is 7.71. The third-order valence-corrected chi connectivity index (χ3v) is 3.86. The number of aromatic carboxylic acids is 1. The van der Waals surface area contributed by atoms with Crippen LogP contribution in [0.25, 0.3) is 16.7 Å². The molecule has 0 atom stereocenters. The third-order valence-electron chi connectivity index (χ3n) is 3.86. The number of carboxylic acids is 1. The number of rotatable bonds is 4. The minimum absolute atomic E-state index is 0.0515. The maximum Gasteiger partial charge on any atom is 0.335 e. The summed E-state index contributed by atoms with van der Waals surface area (Å²) in [6.45, 7) is 0. The molecule has 2 aromatic carbocycles. The number of para-hydroxylation sites is 1. The molecule has 0 fully saturated rings. The molecule has 0 radical (unpaired) electrons. The highest BCUT2D eigenvalue weighted by Crippen LogP contribution is 2.30. The number of carboxylic acid groups (broad SMARTS) is 1. The van der Waals surface area contributed by atoms with Crippen molar-refractivity contribution in [1.29, 1.82) is 0 Å². The van der Waals surface area contributed by atoms with Crippen molar-refractivity contribution >= 4 is 28.5 Å². The van der Waals surface area contributed by atoms with E-state index in [1.807, 2.05) is 30.3 Å². The molecular weight excluding hydrogens is 334 g/mol. The molecule has 4 rings (SSSR count). The van der Waals surface area contributed by atoms with Gasteiger partial charge in [0, 0.05) is 0 Å². The quantitative estimate of drug-likeness (QED) is 0.486. The van der Waals surface area contributed by atoms with E-state index in [1.165, 1.54) is 24.5 Å². The zero-order chi connectivity index (χ0) is 18.1. The van der Waals surface area contributed by atoms with Crippen molar-refractivity contribution in [1.82, 2.24) is 19.7 Å². The predicted molar refractivity (Wildman–Crippen MR) is 95.0 cm³/mol. The van der Waals surface area contributed by atoms with E-state index in [0.717, 1.165) is 5.69 Å². The normalized spacial score (nSPS) is 10.8. The molecule has 128 valence electrons. The number of nitrogens with one attached hydrogen (secondary N) is 1. The Hall–Kier alpha value is -3.94. The van der Waals surface area contributed by atoms with E-state index in [9.17, 15) is 9.90 Å². The minimum Gasteiger partial charge on any atom is -0.506 e. The predicted octanol–water partition coefficient (Wildman–Crippen LogP) is 2.96. The largest absolute Gasteiger partial charge is 0.506 e. The van der Waals surface area contributed by atoms with Crippen LogP contribution in [0.3, 0.4) is 0 Å². The topological polar surface area (TPSA) is 113 Å². The number of hydrogen-bond donors (Lipinski definition) is 3. The van der Waals surface area contributed by atoms with E-state index in [4.69, 9.17) is 5.11 Å². The van der Waals surface area contributed by atoms with Crippen LogP contribution in [0.2, 0.25) is 0 Å². The summed E-state index contributed by atoms with van der Waals surface area (Å²) in [6, 6.07) is 13.5. The van der Waals surface area contributed by atoms with Crippen molar-refractivity contribution < 1.29 is 15.0 Å². The fourth-order valence-corrected chi connectivity index (χ4v) is 2.60. The Morgan fingerprint density at radius 3 is 2.65 bits per heavy atom. The van der Waals surface area contributed by atoms with Crippen LogP contribution in [0.4, 0.5) is 11.5 Å². The zero-order valence-corrected chi connectivity index (χ0v) is 13.4. The Morgan fingerprint density at radius 1 is 1.08 bits per heavy atom. The molecule has 8 nitrogen and oxygen atoms in total. The smallest absolute Gasteiger partial charge is 0.335 e. The molecule has 0 aliphatic rings. The molecule has 2 heterocycles. The molecule has 0 amide bonds. The molecule has 0 aliphatic heterocycles. The second kappa shape index (κ2) is 6.17. The van der Waals surface area contributed by atoms with Gasteiger partial charge in [-0.15, -0.1) is 0 Å². The second-order valence-electron chi connectivity index (χ2n) is 5.51. The Morgan fingerprint density at radius 2 is 1.88 bits per heavy atom. The Balaban J connectivity index is 1.78. The van der Waals surface area contributed by atoms with Crippen molar-refractivity contribution in [3.63, 3.8) is 0 Å². The number of phenols is 1. The first-order chi connectivity index (χ1) is 12.6. The molecule has 0 bridgehead atoms. The SMILES string of the molecule is O=C(O)c1ccc(O)c(Nc2ncnc3c2cnn3-c2ccccc2)c1. The van der Waals surface area contributed by atoms with Crippen LogP contribution in [0.1, 0.15) is 10.4 Å². The summed E-state index contributed by atoms with van der Waals surface area (Å²) < 4.78 is 1.68. The van der Waals surface area contributed by atoms with Crippen molar-refractivity contribution in [2.24, 2.45) is 0 Å². The van der Waals surface area contributed by atoms with Gasteiger partial charge in [-0.1, -0.05) is 18.2 Å². The highest BCUT2D eigenvalue weighted by molar-refractivity contribution is 5.92. The number of benzene rings is 2. The first-order valence-electron chi connectivity index (χ1n) is 7.71. The van der Waals surface area contributed by atoms with Gasteiger partial charge in [0.15, 0.2) is 5.65 Å². The van der Waals surface area contributed by atoms with Gasteiger partial charge in [0.1, 0.15) is 17.9 Å². The molecule has 0 unspecified atom stereocenters. The Bertz CT molecular complexity index is 1110. The van der Waals surface area contributed by atoms with E-state index in [1.54, 1.807) is 10.9 Å². The number of nitrogens with zero attached hydrogens (tertiary/aromatic N) is 4. The standard InChI is InChI=1S/C18H13N5O3/c24-15-7-6-11(18(25)26)8-14(15)22-16-13-9-21-23(17(13)20-10-19-16)12-4-2-1-3-5-12/h1-10,24H,(H,25,26)(H,19,20,22). The third kappa shape index (κ3) is 2.69. The summed E-state index contributed by atoms with van der Waals surface area (Å²) in [5.41, 5.74) is 1.72. The highest BCUT2D eigenvalue weighted by Gasteiger charge is 2.14. The summed E-state index contributed by atoms with van der Waals surface area (Å²) in [5, 5.41) is 27.1. The number of hydrogen-bond acceptors (Lipinski definition) is 6. The number of phenolic OH excluding ortho intramolecular Hbond substituents is 1. The monoisotopic (exact) mass is 347 g/mol. The lowest BCUT2D eigenvalue weighted by Crippen LogP contribution is -2.01. The summed E-state index contributed by atoms with van der Waals surface area (Å²) >= 11 is 0. The van der Waals surface area contributed by atoms with Gasteiger partial charge in [-0.05, 0) is 30.3 Å². The van der Waals surface area contributed by atoms with Crippen molar-refractivity contribution in [3.05, 3.63) is 66.6 Å². The second-order valence-corrected chi connectivity index (χ2v) is 5.51. The molecule has 0 spiro atoms. The van der Waals surface area contributed by atoms with Crippen LogP contribution in [0.5, 0.6) is 5.75 Å². The fourth-order valence-electron chi connectivity index (χ4n) is 2.60. The van der Waals surface area contributed by atoms with E-state index in [2.05, 4.69) is 20.4 Å². The van der Waals surface area contributed by atoms with Crippen molar-refractivity contribution in [2.75, 3.05) is 5.32 Å². The van der Waals surface area contributed by atoms with Crippen LogP contribution >= 0.6 is 0 Å². The Labute approximate surface area is 147 Å². The van der Waals surface area contributed by atoms with E-state index < -0.39 is 5.97 Å². The fraction of sp³-hybridized carbons (Fsp3) is 0. The summed E-state index contributed by atoms with van der Waals surface area (Å²) in [5.74, 6) is -0.759. The van der Waals surface area contributed by atoms with Crippen LogP contribution in [0.15, 0.2) is 61.1 Å². The van der Waals surface area contributed by atoms with Crippen LogP contribution in [-0.4, -0.2) is 35.9 Å². The number of carbonyl (C=O) groups is 1. The molecule has 8 heteroatoms. The lowest BCUT2D eigenvalue weighted by Gasteiger charge is -2.09. The van der Waals surface area contributed by atoms with Gasteiger partial charge < -0.3 is 15.5 Å². The maximum absolute atomic E-state index is 11.1. The van der Waals surface area contributed by atoms with E-state index in [-0.39, 0.29) is 17.0 Å². The summed E-state index contributed by atoms with van der Waals surface area (Å²) in [6.07, 6.45) is 2.99. The van der Waals surface area contributed by atoms with Crippen LogP contribution in [-0.2, 0) is 0 Å². The number of aromatic nitrogens is 4. The molecule has 26 heavy (non-hydrogen) atoms. The molecule has 4 aromatic rings. The molecular formula is C18H13N5O3. The lowest BCUT2D eigenvalue weighted by atomic mass is 10.2. The minimum atomic E-state index is -1.09. The number of aromatic hydroxyl groups is 1. The molecule has 2 aromatic heterocycles. The van der Waals surface area contributed by atoms with Crippen molar-refractivity contribution in [3.8, 4) is 11.4 Å². The van der Waals surface area contributed by atoms with Crippen LogP contribution in [0, 0.1) is 0 Å². The van der Waals surface area contributed by atoms with Crippen LogP contribution < -0.4 is 5.32 Å². The highest BCUT2D eigenvalue weighted by atomic mass is 16.4. The molecule has 0 saturated carbocycles. The average molecular weight is 347 g/mol.